The van der Waals surface area contributed by atoms with Crippen molar-refractivity contribution in [2.75, 3.05) is 5.32 Å². The highest BCUT2D eigenvalue weighted by Gasteiger charge is 2.21. The van der Waals surface area contributed by atoms with Crippen LogP contribution in [0.5, 0.6) is 0 Å². The maximum absolute atomic E-state index is 12.0. The molecule has 0 radical (unpaired) electrons. The lowest BCUT2D eigenvalue weighted by atomic mass is 10.2. The van der Waals surface area contributed by atoms with Crippen LogP contribution in [0.25, 0.3) is 0 Å². The predicted octanol–water partition coefficient (Wildman–Crippen LogP) is 2.87. The lowest BCUT2D eigenvalue weighted by molar-refractivity contribution is -0.384. The highest BCUT2D eigenvalue weighted by molar-refractivity contribution is 7.18. The summed E-state index contributed by atoms with van der Waals surface area (Å²) in [6, 6.07) is 3.77. The molecule has 1 aromatic carbocycles. The number of rotatable bonds is 4. The molecule has 1 amide bonds. The largest absolute Gasteiger partial charge is 0.345 e. The number of thiazole rings is 1. The summed E-state index contributed by atoms with van der Waals surface area (Å²) in [5.74, 6) is -0.743. The lowest BCUT2D eigenvalue weighted by Gasteiger charge is -2.03. The third-order valence-electron chi connectivity index (χ3n) is 2.31. The van der Waals surface area contributed by atoms with Crippen molar-refractivity contribution in [3.8, 4) is 0 Å². The molecule has 0 saturated carbocycles. The van der Waals surface area contributed by atoms with Crippen molar-refractivity contribution in [3.63, 3.8) is 0 Å². The fourth-order valence-corrected chi connectivity index (χ4v) is 2.32. The Labute approximate surface area is 125 Å². The van der Waals surface area contributed by atoms with Crippen LogP contribution in [0.1, 0.15) is 10.4 Å². The first-order valence-corrected chi connectivity index (χ1v) is 6.44. The number of carbonyl (C=O) groups excluding carboxylic acids is 1. The van der Waals surface area contributed by atoms with Crippen LogP contribution < -0.4 is 5.32 Å². The Kier molecular flexibility index (Phi) is 4.10. The van der Waals surface area contributed by atoms with Crippen molar-refractivity contribution in [1.29, 1.82) is 0 Å². The molecule has 108 valence electrons. The first kappa shape index (κ1) is 14.8. The third-order valence-corrected chi connectivity index (χ3v) is 3.58. The van der Waals surface area contributed by atoms with E-state index in [2.05, 4.69) is 10.3 Å². The first-order chi connectivity index (χ1) is 9.90. The topological polar surface area (TPSA) is 128 Å². The number of amides is 1. The number of nitrogens with zero attached hydrogens (tertiary/aromatic N) is 3. The second-order valence-electron chi connectivity index (χ2n) is 3.61. The molecule has 0 bridgehead atoms. The fraction of sp³-hybridized carbons (Fsp3) is 0. The van der Waals surface area contributed by atoms with Crippen molar-refractivity contribution in [2.45, 2.75) is 0 Å². The molecule has 0 aliphatic carbocycles. The number of halogens is 1. The predicted molar refractivity (Wildman–Crippen MR) is 74.8 cm³/mol. The van der Waals surface area contributed by atoms with Crippen LogP contribution in [0.15, 0.2) is 24.4 Å². The number of hydrogen-bond donors (Lipinski definition) is 1. The van der Waals surface area contributed by atoms with Crippen LogP contribution in [0.2, 0.25) is 5.02 Å². The third kappa shape index (κ3) is 3.12. The van der Waals surface area contributed by atoms with Crippen LogP contribution in [-0.4, -0.2) is 20.7 Å². The van der Waals surface area contributed by atoms with Gasteiger partial charge < -0.3 is 0 Å². The minimum absolute atomic E-state index is 0.00530. The van der Waals surface area contributed by atoms with Gasteiger partial charge in [0.1, 0.15) is 11.2 Å². The van der Waals surface area contributed by atoms with Crippen LogP contribution >= 0.6 is 22.9 Å². The van der Waals surface area contributed by atoms with E-state index in [0.717, 1.165) is 12.3 Å². The summed E-state index contributed by atoms with van der Waals surface area (Å²) in [6.45, 7) is 0. The second kappa shape index (κ2) is 5.81. The average molecular weight is 329 g/mol. The Morgan fingerprint density at radius 3 is 2.57 bits per heavy atom. The van der Waals surface area contributed by atoms with Crippen LogP contribution in [0, 0.1) is 20.2 Å². The number of nitro benzene ring substituents is 1. The molecule has 0 aliphatic rings. The second-order valence-corrected chi connectivity index (χ2v) is 5.00. The van der Waals surface area contributed by atoms with Crippen molar-refractivity contribution in [2.24, 2.45) is 0 Å². The van der Waals surface area contributed by atoms with E-state index in [4.69, 9.17) is 11.6 Å². The summed E-state index contributed by atoms with van der Waals surface area (Å²) >= 11 is 6.45. The Morgan fingerprint density at radius 2 is 2.00 bits per heavy atom. The molecule has 1 aromatic heterocycles. The molecule has 11 heteroatoms. The maximum atomic E-state index is 12.0. The monoisotopic (exact) mass is 328 g/mol. The molecule has 0 atom stereocenters. The Morgan fingerprint density at radius 1 is 1.29 bits per heavy atom. The van der Waals surface area contributed by atoms with Crippen LogP contribution in [0.4, 0.5) is 15.8 Å². The average Bonchev–Trinajstić information content (AvgIpc) is 2.87. The highest BCUT2D eigenvalue weighted by atomic mass is 35.5. The molecule has 2 rings (SSSR count). The number of anilines is 1. The van der Waals surface area contributed by atoms with Gasteiger partial charge in [0, 0.05) is 6.07 Å². The molecule has 9 nitrogen and oxygen atoms in total. The summed E-state index contributed by atoms with van der Waals surface area (Å²) in [5.41, 5.74) is -0.529. The van der Waals surface area contributed by atoms with Gasteiger partial charge in [0.15, 0.2) is 5.13 Å². The van der Waals surface area contributed by atoms with Crippen molar-refractivity contribution < 1.29 is 14.6 Å². The summed E-state index contributed by atoms with van der Waals surface area (Å²) in [7, 11) is 0. The number of aromatic nitrogens is 1. The molecule has 21 heavy (non-hydrogen) atoms. The molecule has 0 spiro atoms. The molecule has 0 fully saturated rings. The standard InChI is InChI=1S/C10H5ClN4O5S/c11-8-5(2-1-3-6(8)14(17)18)9(16)13-10-12-4-7(21-10)15(19)20/h1-4H,(H,12,13,16). The van der Waals surface area contributed by atoms with Gasteiger partial charge in [-0.25, -0.2) is 4.98 Å². The van der Waals surface area contributed by atoms with Crippen LogP contribution in [0.3, 0.4) is 0 Å². The van der Waals surface area contributed by atoms with Crippen molar-refractivity contribution >= 4 is 44.7 Å². The van der Waals surface area contributed by atoms with E-state index in [1.807, 2.05) is 0 Å². The number of hydrogen-bond acceptors (Lipinski definition) is 7. The minimum atomic E-state index is -0.743. The lowest BCUT2D eigenvalue weighted by Crippen LogP contribution is -2.12. The summed E-state index contributed by atoms with van der Waals surface area (Å²) in [5, 5.41) is 23.0. The van der Waals surface area contributed by atoms with E-state index in [-0.39, 0.29) is 20.7 Å². The first-order valence-electron chi connectivity index (χ1n) is 5.24. The minimum Gasteiger partial charge on any atom is -0.298 e. The van der Waals surface area contributed by atoms with E-state index in [9.17, 15) is 25.0 Å². The zero-order valence-corrected chi connectivity index (χ0v) is 11.6. The van der Waals surface area contributed by atoms with E-state index in [0.29, 0.717) is 11.3 Å². The molecule has 0 unspecified atom stereocenters. The zero-order chi connectivity index (χ0) is 15.6. The summed E-state index contributed by atoms with van der Waals surface area (Å²) < 4.78 is 0. The SMILES string of the molecule is O=C(Nc1ncc([N+](=O)[O-])s1)c1cccc([N+](=O)[O-])c1Cl. The van der Waals surface area contributed by atoms with E-state index >= 15 is 0 Å². The summed E-state index contributed by atoms with van der Waals surface area (Å²) in [4.78, 5) is 35.5. The number of carbonyl (C=O) groups is 1. The molecular weight excluding hydrogens is 324 g/mol. The van der Waals surface area contributed by atoms with Gasteiger partial charge in [0.05, 0.1) is 15.4 Å². The number of benzene rings is 1. The van der Waals surface area contributed by atoms with Gasteiger partial charge >= 0.3 is 5.00 Å². The molecule has 2 aromatic rings. The van der Waals surface area contributed by atoms with Crippen molar-refractivity contribution in [3.05, 3.63) is 55.2 Å². The molecular formula is C10H5ClN4O5S. The van der Waals surface area contributed by atoms with Gasteiger partial charge in [0.2, 0.25) is 0 Å². The van der Waals surface area contributed by atoms with Gasteiger partial charge in [-0.1, -0.05) is 17.7 Å². The molecule has 1 heterocycles. The smallest absolute Gasteiger partial charge is 0.298 e. The fourth-order valence-electron chi connectivity index (χ4n) is 1.41. The van der Waals surface area contributed by atoms with Crippen LogP contribution in [-0.2, 0) is 0 Å². The quantitative estimate of drug-likeness (QED) is 0.678. The molecule has 1 N–H and O–H groups in total. The Balaban J connectivity index is 2.26. The number of nitrogens with one attached hydrogen (secondary N) is 1. The van der Waals surface area contributed by atoms with Gasteiger partial charge in [0.25, 0.3) is 11.6 Å². The normalized spacial score (nSPS) is 10.1. The van der Waals surface area contributed by atoms with E-state index in [1.54, 1.807) is 0 Å². The van der Waals surface area contributed by atoms with Gasteiger partial charge in [-0.3, -0.25) is 30.3 Å². The van der Waals surface area contributed by atoms with Gasteiger partial charge in [-0.2, -0.15) is 0 Å². The Hall–Kier alpha value is -2.59. The van der Waals surface area contributed by atoms with Crippen molar-refractivity contribution in [1.82, 2.24) is 4.98 Å². The summed E-state index contributed by atoms with van der Waals surface area (Å²) in [6.07, 6.45) is 0.995. The molecule has 0 saturated heterocycles. The van der Waals surface area contributed by atoms with Gasteiger partial charge in [-0.05, 0) is 17.4 Å². The van der Waals surface area contributed by atoms with E-state index < -0.39 is 21.4 Å². The molecule has 0 aliphatic heterocycles. The van der Waals surface area contributed by atoms with Gasteiger partial charge in [-0.15, -0.1) is 0 Å². The Bertz CT molecular complexity index is 747. The maximum Gasteiger partial charge on any atom is 0.345 e. The highest BCUT2D eigenvalue weighted by Crippen LogP contribution is 2.29. The zero-order valence-electron chi connectivity index (χ0n) is 9.98. The number of nitro groups is 2. The van der Waals surface area contributed by atoms with E-state index in [1.165, 1.54) is 12.1 Å².